The van der Waals surface area contributed by atoms with Crippen molar-refractivity contribution >= 4 is 78.2 Å². The van der Waals surface area contributed by atoms with Crippen LogP contribution in [0.1, 0.15) is 19.8 Å². The number of thiazole rings is 1. The van der Waals surface area contributed by atoms with Crippen LogP contribution in [0, 0.1) is 5.92 Å². The van der Waals surface area contributed by atoms with Crippen LogP contribution in [0.3, 0.4) is 0 Å². The first-order chi connectivity index (χ1) is 16.7. The molecule has 1 unspecified atom stereocenters. The van der Waals surface area contributed by atoms with E-state index >= 15 is 0 Å². The van der Waals surface area contributed by atoms with Crippen LogP contribution in [0.2, 0.25) is 4.34 Å². The Morgan fingerprint density at radius 2 is 2.06 bits per heavy atom. The van der Waals surface area contributed by atoms with Gasteiger partial charge in [-0.2, -0.15) is 9.30 Å². The number of ether oxygens (including phenoxy) is 1. The summed E-state index contributed by atoms with van der Waals surface area (Å²) < 4.78 is 35.6. The number of esters is 1. The van der Waals surface area contributed by atoms with Crippen molar-refractivity contribution in [3.63, 3.8) is 0 Å². The van der Waals surface area contributed by atoms with E-state index in [-0.39, 0.29) is 23.9 Å². The molecule has 0 bridgehead atoms. The van der Waals surface area contributed by atoms with Crippen LogP contribution in [0.15, 0.2) is 44.4 Å². The molecule has 8 nitrogen and oxygen atoms in total. The van der Waals surface area contributed by atoms with Gasteiger partial charge in [0.1, 0.15) is 10.8 Å². The number of thiophene rings is 1. The quantitative estimate of drug-likeness (QED) is 0.310. The fraction of sp³-hybridized carbons (Fsp3) is 0.409. The van der Waals surface area contributed by atoms with Crippen molar-refractivity contribution < 1.29 is 22.7 Å². The Balaban J connectivity index is 1.65. The van der Waals surface area contributed by atoms with Crippen LogP contribution in [-0.4, -0.2) is 55.1 Å². The molecule has 0 radical (unpaired) electrons. The van der Waals surface area contributed by atoms with Gasteiger partial charge in [-0.05, 0) is 56.4 Å². The lowest BCUT2D eigenvalue weighted by atomic mass is 9.99. The van der Waals surface area contributed by atoms with Crippen molar-refractivity contribution in [2.45, 2.75) is 35.4 Å². The molecule has 35 heavy (non-hydrogen) atoms. The Morgan fingerprint density at radius 1 is 1.26 bits per heavy atom. The number of sulfonamides is 1. The molecule has 0 N–H and O–H groups in total. The highest BCUT2D eigenvalue weighted by atomic mass is 35.5. The minimum absolute atomic E-state index is 0.0551. The van der Waals surface area contributed by atoms with Gasteiger partial charge < -0.3 is 9.30 Å². The number of aromatic nitrogens is 1. The number of benzene rings is 1. The smallest absolute Gasteiger partial charge is 0.326 e. The highest BCUT2D eigenvalue weighted by Crippen LogP contribution is 2.31. The van der Waals surface area contributed by atoms with Crippen molar-refractivity contribution in [1.29, 1.82) is 0 Å². The van der Waals surface area contributed by atoms with Gasteiger partial charge in [-0.25, -0.2) is 8.42 Å². The minimum Gasteiger partial charge on any atom is -0.465 e. The van der Waals surface area contributed by atoms with Gasteiger partial charge in [0, 0.05) is 18.0 Å². The number of piperidine rings is 1. The molecule has 3 heterocycles. The topological polar surface area (TPSA) is 98.0 Å². The highest BCUT2D eigenvalue weighted by Gasteiger charge is 2.34. The third kappa shape index (κ3) is 5.83. The lowest BCUT2D eigenvalue weighted by Crippen LogP contribution is -2.42. The van der Waals surface area contributed by atoms with E-state index in [4.69, 9.17) is 16.3 Å². The summed E-state index contributed by atoms with van der Waals surface area (Å²) in [6.07, 6.45) is 3.07. The number of carbonyl (C=O) groups excluding carboxylic acids is 2. The normalized spacial score (nSPS) is 17.7. The number of hydrogen-bond donors (Lipinski definition) is 0. The third-order valence-electron chi connectivity index (χ3n) is 5.56. The lowest BCUT2D eigenvalue weighted by Gasteiger charge is -2.29. The summed E-state index contributed by atoms with van der Waals surface area (Å²) in [7, 11) is -3.73. The molecule has 3 aromatic rings. The summed E-state index contributed by atoms with van der Waals surface area (Å²) in [4.78, 5) is 31.3. The molecule has 1 aliphatic heterocycles. The number of nitrogens with zero attached hydrogens (tertiary/aromatic N) is 3. The predicted molar refractivity (Wildman–Crippen MR) is 140 cm³/mol. The van der Waals surface area contributed by atoms with Crippen LogP contribution >= 0.6 is 46.0 Å². The predicted octanol–water partition coefficient (Wildman–Crippen LogP) is 4.23. The molecular weight excluding hydrogens is 550 g/mol. The second kappa shape index (κ2) is 11.1. The van der Waals surface area contributed by atoms with Gasteiger partial charge >= 0.3 is 5.97 Å². The van der Waals surface area contributed by atoms with Gasteiger partial charge in [-0.3, -0.25) is 9.59 Å². The number of halogens is 1. The third-order valence-corrected chi connectivity index (χ3v) is 10.9. The molecule has 0 aliphatic carbocycles. The number of amides is 1. The number of rotatable bonds is 7. The van der Waals surface area contributed by atoms with Gasteiger partial charge in [-0.15, -0.1) is 23.1 Å². The maximum absolute atomic E-state index is 13.2. The average Bonchev–Trinajstić information content (AvgIpc) is 3.43. The number of carbonyl (C=O) groups is 2. The van der Waals surface area contributed by atoms with Crippen molar-refractivity contribution in [3.8, 4) is 0 Å². The van der Waals surface area contributed by atoms with Gasteiger partial charge in [0.2, 0.25) is 0 Å². The molecule has 1 atom stereocenters. The second-order valence-electron chi connectivity index (χ2n) is 7.82. The maximum Gasteiger partial charge on any atom is 0.326 e. The molecule has 188 valence electrons. The van der Waals surface area contributed by atoms with E-state index in [0.717, 1.165) is 26.4 Å². The molecule has 1 fully saturated rings. The van der Waals surface area contributed by atoms with E-state index in [0.29, 0.717) is 28.5 Å². The zero-order chi connectivity index (χ0) is 25.2. The van der Waals surface area contributed by atoms with Crippen molar-refractivity contribution in [2.24, 2.45) is 10.9 Å². The van der Waals surface area contributed by atoms with E-state index in [9.17, 15) is 18.0 Å². The van der Waals surface area contributed by atoms with Crippen LogP contribution in [0.5, 0.6) is 0 Å². The molecule has 1 saturated heterocycles. The molecule has 0 saturated carbocycles. The first kappa shape index (κ1) is 26.4. The second-order valence-corrected chi connectivity index (χ2v) is 13.6. The van der Waals surface area contributed by atoms with Gasteiger partial charge in [-0.1, -0.05) is 22.9 Å². The Hall–Kier alpha value is -1.70. The zero-order valence-corrected chi connectivity index (χ0v) is 23.1. The Kier molecular flexibility index (Phi) is 8.39. The van der Waals surface area contributed by atoms with Crippen LogP contribution in [0.4, 0.5) is 0 Å². The van der Waals surface area contributed by atoms with Gasteiger partial charge in [0.05, 0.1) is 27.1 Å². The van der Waals surface area contributed by atoms with E-state index in [2.05, 4.69) is 4.99 Å². The molecule has 1 amide bonds. The SMILES string of the molecule is CCOC(=O)Cn1c(=NC(=O)C2CCCN(S(=O)(=O)c3ccc(Cl)s3)C2)sc2cc(SC)ccc21. The van der Waals surface area contributed by atoms with Crippen molar-refractivity contribution in [3.05, 3.63) is 39.5 Å². The number of fused-ring (bicyclic) bond motifs is 1. The van der Waals surface area contributed by atoms with Crippen LogP contribution in [0.25, 0.3) is 10.2 Å². The summed E-state index contributed by atoms with van der Waals surface area (Å²) in [5.41, 5.74) is 0.787. The highest BCUT2D eigenvalue weighted by molar-refractivity contribution is 7.98. The van der Waals surface area contributed by atoms with E-state index in [1.807, 2.05) is 24.5 Å². The van der Waals surface area contributed by atoms with E-state index < -0.39 is 27.8 Å². The Labute approximate surface area is 220 Å². The summed E-state index contributed by atoms with van der Waals surface area (Å²) in [5.74, 6) is -1.39. The Morgan fingerprint density at radius 3 is 2.74 bits per heavy atom. The number of thioether (sulfide) groups is 1. The fourth-order valence-electron chi connectivity index (χ4n) is 3.87. The molecule has 13 heteroatoms. The largest absolute Gasteiger partial charge is 0.465 e. The van der Waals surface area contributed by atoms with E-state index in [1.165, 1.54) is 21.7 Å². The standard InChI is InChI=1S/C22H24ClN3O5S4/c1-3-31-19(27)13-26-16-7-6-15(32-2)11-17(16)33-22(26)24-21(28)14-5-4-10-25(12-14)35(29,30)20-9-8-18(23)34-20/h6-9,11,14H,3-5,10,12-13H2,1-2H3. The monoisotopic (exact) mass is 573 g/mol. The molecule has 2 aromatic heterocycles. The summed E-state index contributed by atoms with van der Waals surface area (Å²) in [6, 6.07) is 8.88. The van der Waals surface area contributed by atoms with Crippen LogP contribution < -0.4 is 4.80 Å². The van der Waals surface area contributed by atoms with Gasteiger partial charge in [0.15, 0.2) is 4.80 Å². The Bertz CT molecular complexity index is 1430. The van der Waals surface area contributed by atoms with Gasteiger partial charge in [0.25, 0.3) is 15.9 Å². The fourth-order valence-corrected chi connectivity index (χ4v) is 8.62. The summed E-state index contributed by atoms with van der Waals surface area (Å²) in [6.45, 7) is 2.32. The zero-order valence-electron chi connectivity index (χ0n) is 19.1. The first-order valence-electron chi connectivity index (χ1n) is 10.9. The molecule has 0 spiro atoms. The summed E-state index contributed by atoms with van der Waals surface area (Å²) in [5, 5.41) is 0. The molecule has 4 rings (SSSR count). The molecule has 1 aromatic carbocycles. The minimum atomic E-state index is -3.73. The van der Waals surface area contributed by atoms with E-state index in [1.54, 1.807) is 29.3 Å². The van der Waals surface area contributed by atoms with Crippen molar-refractivity contribution in [2.75, 3.05) is 26.0 Å². The maximum atomic E-state index is 13.2. The first-order valence-corrected chi connectivity index (χ1v) is 15.6. The average molecular weight is 574 g/mol. The van der Waals surface area contributed by atoms with Crippen LogP contribution in [-0.2, 0) is 30.9 Å². The molecule has 1 aliphatic rings. The number of hydrogen-bond acceptors (Lipinski definition) is 8. The summed E-state index contributed by atoms with van der Waals surface area (Å²) >= 11 is 9.85. The van der Waals surface area contributed by atoms with Crippen molar-refractivity contribution in [1.82, 2.24) is 8.87 Å². The molecular formula is C22H24ClN3O5S4. The lowest BCUT2D eigenvalue weighted by molar-refractivity contribution is -0.143.